The van der Waals surface area contributed by atoms with Crippen LogP contribution in [0.1, 0.15) is 24.8 Å². The first kappa shape index (κ1) is 12.2. The lowest BCUT2D eigenvalue weighted by Crippen LogP contribution is -2.37. The molecular weight excluding hydrogens is 240 g/mol. The lowest BCUT2D eigenvalue weighted by atomic mass is 9.91. The van der Waals surface area contributed by atoms with Gasteiger partial charge in [-0.05, 0) is 31.4 Å². The van der Waals surface area contributed by atoms with Gasteiger partial charge in [-0.15, -0.1) is 11.6 Å². The molecule has 0 saturated heterocycles. The molecule has 5 heteroatoms. The number of nitro groups is 1. The number of benzene rings is 1. The zero-order chi connectivity index (χ0) is 12.4. The van der Waals surface area contributed by atoms with Gasteiger partial charge in [0.15, 0.2) is 0 Å². The monoisotopic (exact) mass is 254 g/mol. The maximum Gasteiger partial charge on any atom is 0.273 e. The van der Waals surface area contributed by atoms with Crippen LogP contribution in [0.3, 0.4) is 0 Å². The van der Waals surface area contributed by atoms with Crippen molar-refractivity contribution in [3.63, 3.8) is 0 Å². The van der Waals surface area contributed by atoms with Crippen LogP contribution >= 0.6 is 11.6 Å². The molecule has 0 aliphatic heterocycles. The predicted octanol–water partition coefficient (Wildman–Crippen LogP) is 3.32. The zero-order valence-electron chi connectivity index (χ0n) is 9.73. The molecule has 0 amide bonds. The van der Waals surface area contributed by atoms with Crippen molar-refractivity contribution in [3.8, 4) is 0 Å². The number of nitrogens with zero attached hydrogens (tertiary/aromatic N) is 2. The van der Waals surface area contributed by atoms with Crippen LogP contribution in [0.2, 0.25) is 0 Å². The summed E-state index contributed by atoms with van der Waals surface area (Å²) >= 11 is 5.76. The summed E-state index contributed by atoms with van der Waals surface area (Å²) in [5, 5.41) is 10.8. The van der Waals surface area contributed by atoms with Gasteiger partial charge in [-0.2, -0.15) is 0 Å². The van der Waals surface area contributed by atoms with E-state index in [2.05, 4.69) is 4.90 Å². The van der Waals surface area contributed by atoms with E-state index in [1.807, 2.05) is 13.1 Å². The Bertz CT molecular complexity index is 433. The average molecular weight is 255 g/mol. The van der Waals surface area contributed by atoms with Gasteiger partial charge in [-0.25, -0.2) is 0 Å². The molecule has 1 fully saturated rings. The number of anilines is 1. The standard InChI is InChI=1S/C12H15ClN2O2/c1-14(10-3-2-4-10)11-5-6-12(15(16)17)9(7-11)8-13/h5-7,10H,2-4,8H2,1H3. The van der Waals surface area contributed by atoms with Crippen molar-refractivity contribution in [2.75, 3.05) is 11.9 Å². The van der Waals surface area contributed by atoms with Crippen LogP contribution in [0.4, 0.5) is 11.4 Å². The lowest BCUT2D eigenvalue weighted by Gasteiger charge is -2.36. The number of nitro benzene ring substituents is 1. The van der Waals surface area contributed by atoms with Crippen molar-refractivity contribution in [3.05, 3.63) is 33.9 Å². The van der Waals surface area contributed by atoms with Gasteiger partial charge in [0.05, 0.1) is 10.8 Å². The van der Waals surface area contributed by atoms with Gasteiger partial charge in [-0.3, -0.25) is 10.1 Å². The maximum absolute atomic E-state index is 10.8. The highest BCUT2D eigenvalue weighted by Gasteiger charge is 2.23. The molecule has 2 rings (SSSR count). The van der Waals surface area contributed by atoms with E-state index in [9.17, 15) is 10.1 Å². The van der Waals surface area contributed by atoms with Crippen LogP contribution in [-0.2, 0) is 5.88 Å². The lowest BCUT2D eigenvalue weighted by molar-refractivity contribution is -0.385. The van der Waals surface area contributed by atoms with Crippen LogP contribution in [0.15, 0.2) is 18.2 Å². The summed E-state index contributed by atoms with van der Waals surface area (Å²) in [5.41, 5.74) is 1.70. The SMILES string of the molecule is CN(c1ccc([N+](=O)[O-])c(CCl)c1)C1CCC1. The fraction of sp³-hybridized carbons (Fsp3) is 0.500. The molecule has 0 heterocycles. The molecule has 1 aliphatic carbocycles. The summed E-state index contributed by atoms with van der Waals surface area (Å²) in [7, 11) is 2.03. The second kappa shape index (κ2) is 4.92. The Labute approximate surface area is 105 Å². The Morgan fingerprint density at radius 3 is 2.71 bits per heavy atom. The van der Waals surface area contributed by atoms with Gasteiger partial charge in [0.2, 0.25) is 0 Å². The molecule has 0 radical (unpaired) electrons. The molecule has 0 unspecified atom stereocenters. The second-order valence-electron chi connectivity index (χ2n) is 4.40. The summed E-state index contributed by atoms with van der Waals surface area (Å²) in [5.74, 6) is 0.169. The van der Waals surface area contributed by atoms with Crippen LogP contribution in [0.25, 0.3) is 0 Å². The number of rotatable bonds is 4. The van der Waals surface area contributed by atoms with Crippen molar-refractivity contribution in [1.29, 1.82) is 0 Å². The molecule has 0 spiro atoms. The largest absolute Gasteiger partial charge is 0.372 e. The molecule has 1 saturated carbocycles. The Morgan fingerprint density at radius 1 is 1.53 bits per heavy atom. The van der Waals surface area contributed by atoms with E-state index in [-0.39, 0.29) is 16.5 Å². The normalized spacial score (nSPS) is 15.4. The molecule has 1 aliphatic rings. The Hall–Kier alpha value is -1.29. The topological polar surface area (TPSA) is 46.4 Å². The maximum atomic E-state index is 10.8. The van der Waals surface area contributed by atoms with E-state index < -0.39 is 0 Å². The highest BCUT2D eigenvalue weighted by atomic mass is 35.5. The predicted molar refractivity (Wildman–Crippen MR) is 68.7 cm³/mol. The van der Waals surface area contributed by atoms with Gasteiger partial charge in [0.1, 0.15) is 0 Å². The summed E-state index contributed by atoms with van der Waals surface area (Å²) in [6, 6.07) is 5.73. The highest BCUT2D eigenvalue weighted by molar-refractivity contribution is 6.17. The second-order valence-corrected chi connectivity index (χ2v) is 4.67. The third-order valence-corrected chi connectivity index (χ3v) is 3.72. The van der Waals surface area contributed by atoms with Crippen LogP contribution in [-0.4, -0.2) is 18.0 Å². The summed E-state index contributed by atoms with van der Waals surface area (Å²) < 4.78 is 0. The number of alkyl halides is 1. The molecule has 1 aromatic carbocycles. The first-order chi connectivity index (χ1) is 8.13. The first-order valence-corrected chi connectivity index (χ1v) is 6.23. The van der Waals surface area contributed by atoms with Crippen LogP contribution in [0, 0.1) is 10.1 Å². The molecule has 92 valence electrons. The number of halogens is 1. The quantitative estimate of drug-likeness (QED) is 0.470. The number of hydrogen-bond donors (Lipinski definition) is 0. The minimum atomic E-state index is -0.384. The van der Waals surface area contributed by atoms with E-state index in [0.717, 1.165) is 5.69 Å². The molecular formula is C12H15ClN2O2. The molecule has 0 aromatic heterocycles. The van der Waals surface area contributed by atoms with E-state index in [0.29, 0.717) is 11.6 Å². The van der Waals surface area contributed by atoms with Gasteiger partial charge >= 0.3 is 0 Å². The fourth-order valence-electron chi connectivity index (χ4n) is 2.06. The van der Waals surface area contributed by atoms with Crippen molar-refractivity contribution in [1.82, 2.24) is 0 Å². The molecule has 0 bridgehead atoms. The molecule has 4 nitrogen and oxygen atoms in total. The summed E-state index contributed by atoms with van der Waals surface area (Å²) in [6.45, 7) is 0. The summed E-state index contributed by atoms with van der Waals surface area (Å²) in [4.78, 5) is 12.6. The first-order valence-electron chi connectivity index (χ1n) is 5.69. The fourth-order valence-corrected chi connectivity index (χ4v) is 2.28. The van der Waals surface area contributed by atoms with Crippen molar-refractivity contribution >= 4 is 23.0 Å². The van der Waals surface area contributed by atoms with E-state index in [1.54, 1.807) is 12.1 Å². The van der Waals surface area contributed by atoms with Crippen LogP contribution in [0.5, 0.6) is 0 Å². The van der Waals surface area contributed by atoms with E-state index in [1.165, 1.54) is 19.3 Å². The molecule has 0 N–H and O–H groups in total. The highest BCUT2D eigenvalue weighted by Crippen LogP contribution is 2.31. The van der Waals surface area contributed by atoms with Gasteiger partial charge in [-0.1, -0.05) is 0 Å². The third-order valence-electron chi connectivity index (χ3n) is 3.43. The van der Waals surface area contributed by atoms with E-state index in [4.69, 9.17) is 11.6 Å². The zero-order valence-corrected chi connectivity index (χ0v) is 10.5. The van der Waals surface area contributed by atoms with Crippen molar-refractivity contribution < 1.29 is 4.92 Å². The third kappa shape index (κ3) is 2.36. The number of hydrogen-bond acceptors (Lipinski definition) is 3. The molecule has 0 atom stereocenters. The van der Waals surface area contributed by atoms with Gasteiger partial charge < -0.3 is 4.90 Å². The van der Waals surface area contributed by atoms with Crippen molar-refractivity contribution in [2.24, 2.45) is 0 Å². The van der Waals surface area contributed by atoms with Crippen molar-refractivity contribution in [2.45, 2.75) is 31.2 Å². The van der Waals surface area contributed by atoms with E-state index >= 15 is 0 Å². The Balaban J connectivity index is 2.27. The molecule has 1 aromatic rings. The minimum absolute atomic E-state index is 0.103. The minimum Gasteiger partial charge on any atom is -0.372 e. The smallest absolute Gasteiger partial charge is 0.273 e. The van der Waals surface area contributed by atoms with Gasteiger partial charge in [0.25, 0.3) is 5.69 Å². The Kier molecular flexibility index (Phi) is 3.52. The Morgan fingerprint density at radius 2 is 2.24 bits per heavy atom. The van der Waals surface area contributed by atoms with Crippen LogP contribution < -0.4 is 4.90 Å². The average Bonchev–Trinajstić information content (AvgIpc) is 2.25. The summed E-state index contributed by atoms with van der Waals surface area (Å²) in [6.07, 6.45) is 3.66. The van der Waals surface area contributed by atoms with Gasteiger partial charge in [0, 0.05) is 30.4 Å². The molecule has 17 heavy (non-hydrogen) atoms.